The lowest BCUT2D eigenvalue weighted by Gasteiger charge is -2.10. The van der Waals surface area contributed by atoms with E-state index in [-0.39, 0.29) is 18.1 Å². The van der Waals surface area contributed by atoms with Crippen molar-refractivity contribution in [3.05, 3.63) is 47.4 Å². The van der Waals surface area contributed by atoms with Gasteiger partial charge in [-0.2, -0.15) is 0 Å². The molecule has 1 N–H and O–H groups in total. The van der Waals surface area contributed by atoms with Gasteiger partial charge >= 0.3 is 5.69 Å². The predicted molar refractivity (Wildman–Crippen MR) is 85.5 cm³/mol. The van der Waals surface area contributed by atoms with Crippen molar-refractivity contribution in [1.29, 1.82) is 0 Å². The Bertz CT molecular complexity index is 772. The summed E-state index contributed by atoms with van der Waals surface area (Å²) in [5.74, 6) is 0. The summed E-state index contributed by atoms with van der Waals surface area (Å²) in [6, 6.07) is 5.90. The van der Waals surface area contributed by atoms with Crippen LogP contribution in [0.3, 0.4) is 0 Å². The van der Waals surface area contributed by atoms with Gasteiger partial charge in [0.05, 0.1) is 17.4 Å². The summed E-state index contributed by atoms with van der Waals surface area (Å²) in [5.41, 5.74) is 2.71. The number of aromatic nitrogens is 4. The molecule has 0 atom stereocenters. The Morgan fingerprint density at radius 1 is 1.33 bits per heavy atom. The summed E-state index contributed by atoms with van der Waals surface area (Å²) in [6.45, 7) is 1.49. The lowest BCUT2D eigenvalue weighted by molar-refractivity contribution is 0.384. The Morgan fingerprint density at radius 3 is 2.81 bits per heavy atom. The first-order valence-electron chi connectivity index (χ1n) is 6.51. The molecule has 21 heavy (non-hydrogen) atoms. The smallest absolute Gasteiger partial charge is 0.308 e. The summed E-state index contributed by atoms with van der Waals surface area (Å²) in [7, 11) is 3.99. The molecule has 0 aliphatic heterocycles. The number of halogens is 1. The van der Waals surface area contributed by atoms with Crippen LogP contribution in [0.5, 0.6) is 0 Å². The molecule has 6 nitrogen and oxygen atoms in total. The van der Waals surface area contributed by atoms with E-state index in [0.717, 1.165) is 23.3 Å². The zero-order chi connectivity index (χ0) is 14.1. The maximum Gasteiger partial charge on any atom is 0.326 e. The standard InChI is InChI=1S/C14H17N5O.ClH/c1-17(2)7-8-19-13-9-11(18-6-5-15-10-18)3-4-12(13)16-14(19)20;/h3-6,9-10H,7-8H2,1-2H3,(H,16,20);1H. The van der Waals surface area contributed by atoms with Crippen LogP contribution in [0.15, 0.2) is 41.7 Å². The van der Waals surface area contributed by atoms with Crippen LogP contribution >= 0.6 is 12.4 Å². The van der Waals surface area contributed by atoms with Crippen LogP contribution in [-0.2, 0) is 6.54 Å². The third kappa shape index (κ3) is 3.01. The Labute approximate surface area is 128 Å². The lowest BCUT2D eigenvalue weighted by Crippen LogP contribution is -2.24. The molecule has 1 aromatic carbocycles. The fourth-order valence-corrected chi connectivity index (χ4v) is 2.24. The molecule has 3 aromatic rings. The minimum atomic E-state index is -0.0652. The number of hydrogen-bond donors (Lipinski definition) is 1. The highest BCUT2D eigenvalue weighted by molar-refractivity contribution is 5.85. The number of nitrogens with zero attached hydrogens (tertiary/aromatic N) is 4. The second-order valence-corrected chi connectivity index (χ2v) is 5.06. The van der Waals surface area contributed by atoms with Crippen LogP contribution in [0.2, 0.25) is 0 Å². The van der Waals surface area contributed by atoms with Crippen molar-refractivity contribution < 1.29 is 0 Å². The first-order valence-corrected chi connectivity index (χ1v) is 6.51. The van der Waals surface area contributed by atoms with Gasteiger partial charge in [0, 0.05) is 31.2 Å². The molecule has 3 rings (SSSR count). The number of benzene rings is 1. The van der Waals surface area contributed by atoms with E-state index in [1.54, 1.807) is 17.1 Å². The van der Waals surface area contributed by atoms with E-state index in [1.165, 1.54) is 0 Å². The van der Waals surface area contributed by atoms with Gasteiger partial charge in [-0.3, -0.25) is 4.57 Å². The summed E-state index contributed by atoms with van der Waals surface area (Å²) in [6.07, 6.45) is 5.37. The van der Waals surface area contributed by atoms with Gasteiger partial charge in [-0.1, -0.05) is 0 Å². The van der Waals surface area contributed by atoms with Crippen molar-refractivity contribution in [3.63, 3.8) is 0 Å². The average molecular weight is 308 g/mol. The molecule has 0 saturated heterocycles. The van der Waals surface area contributed by atoms with E-state index in [4.69, 9.17) is 0 Å². The molecule has 0 aliphatic carbocycles. The Morgan fingerprint density at radius 2 is 2.14 bits per heavy atom. The normalized spacial score (nSPS) is 11.0. The molecular weight excluding hydrogens is 290 g/mol. The molecule has 0 spiro atoms. The van der Waals surface area contributed by atoms with Crippen molar-refractivity contribution in [2.24, 2.45) is 0 Å². The predicted octanol–water partition coefficient (Wildman–Crippen LogP) is 1.50. The number of nitrogens with one attached hydrogen (secondary N) is 1. The van der Waals surface area contributed by atoms with Gasteiger partial charge in [-0.15, -0.1) is 12.4 Å². The minimum Gasteiger partial charge on any atom is -0.308 e. The van der Waals surface area contributed by atoms with Gasteiger partial charge < -0.3 is 14.5 Å². The molecule has 0 aliphatic rings. The highest BCUT2D eigenvalue weighted by atomic mass is 35.5. The number of rotatable bonds is 4. The number of imidazole rings is 2. The largest absolute Gasteiger partial charge is 0.326 e. The quantitative estimate of drug-likeness (QED) is 0.794. The topological polar surface area (TPSA) is 58.9 Å². The third-order valence-electron chi connectivity index (χ3n) is 3.33. The Balaban J connectivity index is 0.00000161. The summed E-state index contributed by atoms with van der Waals surface area (Å²) in [5, 5.41) is 0. The zero-order valence-electron chi connectivity index (χ0n) is 12.0. The average Bonchev–Trinajstić information content (AvgIpc) is 3.02. The van der Waals surface area contributed by atoms with Gasteiger partial charge in [0.2, 0.25) is 0 Å². The number of hydrogen-bond acceptors (Lipinski definition) is 3. The molecule has 0 fully saturated rings. The van der Waals surface area contributed by atoms with E-state index < -0.39 is 0 Å². The van der Waals surface area contributed by atoms with E-state index in [1.807, 2.05) is 43.1 Å². The summed E-state index contributed by atoms with van der Waals surface area (Å²) in [4.78, 5) is 21.0. The van der Waals surface area contributed by atoms with Gasteiger partial charge in [0.1, 0.15) is 0 Å². The first-order chi connectivity index (χ1) is 9.65. The van der Waals surface area contributed by atoms with Crippen LogP contribution in [0.25, 0.3) is 16.7 Å². The first kappa shape index (κ1) is 15.3. The molecule has 2 heterocycles. The van der Waals surface area contributed by atoms with Gasteiger partial charge in [-0.05, 0) is 32.3 Å². The highest BCUT2D eigenvalue weighted by Gasteiger charge is 2.08. The third-order valence-corrected chi connectivity index (χ3v) is 3.33. The van der Waals surface area contributed by atoms with Crippen molar-refractivity contribution in [2.75, 3.05) is 20.6 Å². The van der Waals surface area contributed by atoms with E-state index in [0.29, 0.717) is 6.54 Å². The molecule has 7 heteroatoms. The van der Waals surface area contributed by atoms with Crippen LogP contribution < -0.4 is 5.69 Å². The van der Waals surface area contributed by atoms with Crippen molar-refractivity contribution in [1.82, 2.24) is 24.0 Å². The zero-order valence-corrected chi connectivity index (χ0v) is 12.8. The van der Waals surface area contributed by atoms with E-state index in [2.05, 4.69) is 14.9 Å². The van der Waals surface area contributed by atoms with E-state index >= 15 is 0 Å². The molecule has 0 bridgehead atoms. The second kappa shape index (κ2) is 6.15. The maximum atomic E-state index is 12.0. The molecule has 112 valence electrons. The number of aromatic amines is 1. The molecule has 2 aromatic heterocycles. The Kier molecular flexibility index (Phi) is 4.50. The van der Waals surface area contributed by atoms with Crippen molar-refractivity contribution in [2.45, 2.75) is 6.54 Å². The van der Waals surface area contributed by atoms with Crippen molar-refractivity contribution in [3.8, 4) is 5.69 Å². The fraction of sp³-hybridized carbons (Fsp3) is 0.286. The summed E-state index contributed by atoms with van der Waals surface area (Å²) >= 11 is 0. The maximum absolute atomic E-state index is 12.0. The highest BCUT2D eigenvalue weighted by Crippen LogP contribution is 2.16. The number of fused-ring (bicyclic) bond motifs is 1. The lowest BCUT2D eigenvalue weighted by atomic mass is 10.2. The molecule has 0 saturated carbocycles. The minimum absolute atomic E-state index is 0. The van der Waals surface area contributed by atoms with Crippen LogP contribution in [0.4, 0.5) is 0 Å². The van der Waals surface area contributed by atoms with Crippen LogP contribution in [0.1, 0.15) is 0 Å². The molecule has 0 unspecified atom stereocenters. The Hall–Kier alpha value is -2.05. The molecule has 0 radical (unpaired) electrons. The van der Waals surface area contributed by atoms with Gasteiger partial charge in [-0.25, -0.2) is 9.78 Å². The second-order valence-electron chi connectivity index (χ2n) is 5.06. The summed E-state index contributed by atoms with van der Waals surface area (Å²) < 4.78 is 3.70. The van der Waals surface area contributed by atoms with Gasteiger partial charge in [0.25, 0.3) is 0 Å². The molecular formula is C14H18ClN5O. The number of H-pyrrole nitrogens is 1. The fourth-order valence-electron chi connectivity index (χ4n) is 2.24. The molecule has 0 amide bonds. The number of likely N-dealkylation sites (N-methyl/N-ethyl adjacent to an activating group) is 1. The van der Waals surface area contributed by atoms with E-state index in [9.17, 15) is 4.79 Å². The SMILES string of the molecule is CN(C)CCn1c(=O)[nH]c2ccc(-n3ccnc3)cc21.Cl. The van der Waals surface area contributed by atoms with Gasteiger partial charge in [0.15, 0.2) is 0 Å². The van der Waals surface area contributed by atoms with Crippen LogP contribution in [0, 0.1) is 0 Å². The monoisotopic (exact) mass is 307 g/mol. The van der Waals surface area contributed by atoms with Crippen molar-refractivity contribution >= 4 is 23.4 Å². The van der Waals surface area contributed by atoms with Crippen LogP contribution in [-0.4, -0.2) is 44.6 Å².